The Morgan fingerprint density at radius 3 is 2.80 bits per heavy atom. The highest BCUT2D eigenvalue weighted by Gasteiger charge is 2.02. The highest BCUT2D eigenvalue weighted by Crippen LogP contribution is 1.93. The average molecular weight is 141 g/mol. The molecule has 0 heterocycles. The van der Waals surface area contributed by atoms with Crippen LogP contribution < -0.4 is 0 Å². The van der Waals surface area contributed by atoms with E-state index >= 15 is 0 Å². The predicted molar refractivity (Wildman–Crippen MR) is 33.0 cm³/mol. The number of carboxylic acid groups (broad SMARTS) is 1. The number of ether oxygens (including phenoxy) is 1. The molecule has 0 amide bonds. The van der Waals surface area contributed by atoms with Crippen molar-refractivity contribution in [2.75, 3.05) is 6.61 Å². The molecule has 0 aliphatic heterocycles. The molecule has 4 nitrogen and oxygen atoms in total. The fraction of sp³-hybridized carbons (Fsp3) is 0.333. The van der Waals surface area contributed by atoms with Crippen LogP contribution in [-0.2, 0) is 9.53 Å². The summed E-state index contributed by atoms with van der Waals surface area (Å²) in [5.41, 5.74) is 0. The van der Waals surface area contributed by atoms with Gasteiger partial charge in [0.15, 0.2) is 5.76 Å². The molecular formula is C6H7NO3. The Balaban J connectivity index is 3.43. The first kappa shape index (κ1) is 8.50. The summed E-state index contributed by atoms with van der Waals surface area (Å²) in [7, 11) is 0. The first-order chi connectivity index (χ1) is 4.68. The Bertz CT molecular complexity index is 180. The minimum atomic E-state index is -1.20. The molecule has 0 unspecified atom stereocenters. The van der Waals surface area contributed by atoms with Crippen molar-refractivity contribution in [1.82, 2.24) is 0 Å². The zero-order valence-corrected chi connectivity index (χ0v) is 5.33. The summed E-state index contributed by atoms with van der Waals surface area (Å²) >= 11 is 0. The number of rotatable bonds is 4. The Kier molecular flexibility index (Phi) is 3.73. The molecule has 0 spiro atoms. The fourth-order valence-electron chi connectivity index (χ4n) is 0.282. The van der Waals surface area contributed by atoms with Crippen LogP contribution in [0.15, 0.2) is 12.3 Å². The third-order valence-electron chi connectivity index (χ3n) is 0.729. The second-order valence-corrected chi connectivity index (χ2v) is 1.48. The van der Waals surface area contributed by atoms with Gasteiger partial charge in [0.05, 0.1) is 12.5 Å². The van der Waals surface area contributed by atoms with E-state index in [-0.39, 0.29) is 18.8 Å². The average Bonchev–Trinajstić information content (AvgIpc) is 1.88. The molecule has 0 aromatic carbocycles. The molecule has 0 saturated heterocycles. The maximum atomic E-state index is 9.99. The normalized spacial score (nSPS) is 7.90. The van der Waals surface area contributed by atoms with Crippen molar-refractivity contribution >= 4 is 5.97 Å². The lowest BCUT2D eigenvalue weighted by atomic mass is 10.5. The SMILES string of the molecule is C=C(OCCC#N)C(=O)O. The monoisotopic (exact) mass is 141 g/mol. The van der Waals surface area contributed by atoms with Crippen LogP contribution in [0.25, 0.3) is 0 Å². The van der Waals surface area contributed by atoms with Crippen molar-refractivity contribution in [3.63, 3.8) is 0 Å². The van der Waals surface area contributed by atoms with Crippen LogP contribution in [0.5, 0.6) is 0 Å². The van der Waals surface area contributed by atoms with E-state index in [9.17, 15) is 4.79 Å². The predicted octanol–water partition coefficient (Wildman–Crippen LogP) is 0.515. The Morgan fingerprint density at radius 2 is 2.40 bits per heavy atom. The fourth-order valence-corrected chi connectivity index (χ4v) is 0.282. The largest absolute Gasteiger partial charge is 0.486 e. The minimum absolute atomic E-state index is 0.0850. The van der Waals surface area contributed by atoms with Crippen LogP contribution in [0.3, 0.4) is 0 Å². The third-order valence-corrected chi connectivity index (χ3v) is 0.729. The topological polar surface area (TPSA) is 70.3 Å². The van der Waals surface area contributed by atoms with E-state index in [1.807, 2.05) is 0 Å². The van der Waals surface area contributed by atoms with E-state index in [4.69, 9.17) is 10.4 Å². The lowest BCUT2D eigenvalue weighted by molar-refractivity contribution is -0.136. The van der Waals surface area contributed by atoms with Gasteiger partial charge in [0.25, 0.3) is 0 Å². The van der Waals surface area contributed by atoms with Crippen LogP contribution >= 0.6 is 0 Å². The van der Waals surface area contributed by atoms with Gasteiger partial charge in [0.2, 0.25) is 0 Å². The van der Waals surface area contributed by atoms with Gasteiger partial charge in [-0.3, -0.25) is 0 Å². The molecular weight excluding hydrogens is 134 g/mol. The first-order valence-corrected chi connectivity index (χ1v) is 2.60. The van der Waals surface area contributed by atoms with Crippen LogP contribution in [0, 0.1) is 11.3 Å². The summed E-state index contributed by atoms with van der Waals surface area (Å²) in [5.74, 6) is -1.52. The molecule has 10 heavy (non-hydrogen) atoms. The van der Waals surface area contributed by atoms with Gasteiger partial charge < -0.3 is 9.84 Å². The van der Waals surface area contributed by atoms with E-state index in [2.05, 4.69) is 11.3 Å². The Morgan fingerprint density at radius 1 is 1.80 bits per heavy atom. The zero-order chi connectivity index (χ0) is 7.98. The van der Waals surface area contributed by atoms with E-state index < -0.39 is 5.97 Å². The van der Waals surface area contributed by atoms with Crippen LogP contribution in [-0.4, -0.2) is 17.7 Å². The van der Waals surface area contributed by atoms with Crippen LogP contribution in [0.4, 0.5) is 0 Å². The first-order valence-electron chi connectivity index (χ1n) is 2.60. The van der Waals surface area contributed by atoms with Gasteiger partial charge in [0, 0.05) is 0 Å². The summed E-state index contributed by atoms with van der Waals surface area (Å²) in [6, 6.07) is 1.80. The number of aliphatic carboxylic acids is 1. The van der Waals surface area contributed by atoms with Crippen molar-refractivity contribution in [3.05, 3.63) is 12.3 Å². The maximum Gasteiger partial charge on any atom is 0.370 e. The van der Waals surface area contributed by atoms with Gasteiger partial charge in [0.1, 0.15) is 6.61 Å². The summed E-state index contributed by atoms with van der Waals surface area (Å²) in [4.78, 5) is 9.99. The summed E-state index contributed by atoms with van der Waals surface area (Å²) in [6.07, 6.45) is 0.173. The zero-order valence-electron chi connectivity index (χ0n) is 5.33. The number of carboxylic acids is 1. The number of carbonyl (C=O) groups is 1. The number of nitriles is 1. The Hall–Kier alpha value is -1.50. The molecule has 0 radical (unpaired) electrons. The molecule has 0 rings (SSSR count). The molecule has 0 aromatic heterocycles. The molecule has 0 fully saturated rings. The van der Waals surface area contributed by atoms with Crippen molar-refractivity contribution < 1.29 is 14.6 Å². The summed E-state index contributed by atoms with van der Waals surface area (Å²) < 4.78 is 4.53. The standard InChI is InChI=1S/C6H7NO3/c1-5(6(8)9)10-4-2-3-7/h1-2,4H2,(H,8,9). The molecule has 1 N–H and O–H groups in total. The number of nitrogens with zero attached hydrogens (tertiary/aromatic N) is 1. The van der Waals surface area contributed by atoms with Gasteiger partial charge in [-0.15, -0.1) is 0 Å². The van der Waals surface area contributed by atoms with Crippen molar-refractivity contribution in [2.45, 2.75) is 6.42 Å². The van der Waals surface area contributed by atoms with Gasteiger partial charge in [-0.1, -0.05) is 0 Å². The van der Waals surface area contributed by atoms with Gasteiger partial charge in [-0.2, -0.15) is 5.26 Å². The minimum Gasteiger partial charge on any atom is -0.486 e. The quantitative estimate of drug-likeness (QED) is 0.352. The van der Waals surface area contributed by atoms with Crippen molar-refractivity contribution in [3.8, 4) is 6.07 Å². The second-order valence-electron chi connectivity index (χ2n) is 1.48. The van der Waals surface area contributed by atoms with Crippen LogP contribution in [0.1, 0.15) is 6.42 Å². The molecule has 0 aliphatic carbocycles. The molecule has 0 saturated carbocycles. The van der Waals surface area contributed by atoms with Crippen molar-refractivity contribution in [2.24, 2.45) is 0 Å². The summed E-state index contributed by atoms with van der Waals surface area (Å²) in [5, 5.41) is 16.2. The third kappa shape index (κ3) is 3.50. The van der Waals surface area contributed by atoms with E-state index in [0.29, 0.717) is 0 Å². The molecule has 0 atom stereocenters. The molecule has 0 aromatic rings. The maximum absolute atomic E-state index is 9.99. The summed E-state index contributed by atoms with van der Waals surface area (Å²) in [6.45, 7) is 3.18. The molecule has 0 aliphatic rings. The number of hydrogen-bond donors (Lipinski definition) is 1. The highest BCUT2D eigenvalue weighted by molar-refractivity contribution is 5.83. The molecule has 54 valence electrons. The lowest BCUT2D eigenvalue weighted by Crippen LogP contribution is -2.03. The lowest BCUT2D eigenvalue weighted by Gasteiger charge is -1.99. The molecule has 4 heteroatoms. The van der Waals surface area contributed by atoms with Crippen molar-refractivity contribution in [1.29, 1.82) is 5.26 Å². The Labute approximate surface area is 58.3 Å². The molecule has 0 bridgehead atoms. The van der Waals surface area contributed by atoms with E-state index in [1.54, 1.807) is 6.07 Å². The van der Waals surface area contributed by atoms with Crippen LogP contribution in [0.2, 0.25) is 0 Å². The van der Waals surface area contributed by atoms with Gasteiger partial charge >= 0.3 is 5.97 Å². The smallest absolute Gasteiger partial charge is 0.370 e. The van der Waals surface area contributed by atoms with Gasteiger partial charge in [-0.05, 0) is 6.58 Å². The second kappa shape index (κ2) is 4.39. The van der Waals surface area contributed by atoms with E-state index in [1.165, 1.54) is 0 Å². The van der Waals surface area contributed by atoms with Gasteiger partial charge in [-0.25, -0.2) is 4.79 Å². The number of hydrogen-bond acceptors (Lipinski definition) is 3. The van der Waals surface area contributed by atoms with E-state index in [0.717, 1.165) is 0 Å². The highest BCUT2D eigenvalue weighted by atomic mass is 16.5.